The van der Waals surface area contributed by atoms with Crippen LogP contribution >= 0.6 is 0 Å². The van der Waals surface area contributed by atoms with Crippen LogP contribution in [0.15, 0.2) is 18.2 Å². The summed E-state index contributed by atoms with van der Waals surface area (Å²) in [4.78, 5) is 10.6. The zero-order valence-electron chi connectivity index (χ0n) is 8.43. The van der Waals surface area contributed by atoms with Gasteiger partial charge in [0.05, 0.1) is 11.1 Å². The van der Waals surface area contributed by atoms with Crippen molar-refractivity contribution >= 4 is 11.7 Å². The zero-order valence-corrected chi connectivity index (χ0v) is 8.43. The highest BCUT2D eigenvalue weighted by atomic mass is 19.4. The van der Waals surface area contributed by atoms with Gasteiger partial charge in [-0.2, -0.15) is 13.2 Å². The summed E-state index contributed by atoms with van der Waals surface area (Å²) in [5.41, 5.74) is -1.63. The van der Waals surface area contributed by atoms with Crippen LogP contribution < -0.4 is 5.32 Å². The lowest BCUT2D eigenvalue weighted by Crippen LogP contribution is -2.13. The molecule has 16 heavy (non-hydrogen) atoms. The number of rotatable bonds is 3. The van der Waals surface area contributed by atoms with Crippen molar-refractivity contribution in [2.45, 2.75) is 13.1 Å². The van der Waals surface area contributed by atoms with E-state index in [2.05, 4.69) is 5.32 Å². The second-order valence-electron chi connectivity index (χ2n) is 3.09. The molecule has 0 radical (unpaired) electrons. The number of hydrogen-bond donors (Lipinski definition) is 2. The van der Waals surface area contributed by atoms with E-state index in [1.165, 1.54) is 6.07 Å². The maximum absolute atomic E-state index is 12.5. The summed E-state index contributed by atoms with van der Waals surface area (Å²) in [5, 5.41) is 11.3. The summed E-state index contributed by atoms with van der Waals surface area (Å²) in [6, 6.07) is 3.05. The Morgan fingerprint density at radius 3 is 2.50 bits per heavy atom. The fourth-order valence-electron chi connectivity index (χ4n) is 1.28. The van der Waals surface area contributed by atoms with Crippen molar-refractivity contribution in [3.05, 3.63) is 29.3 Å². The van der Waals surface area contributed by atoms with E-state index in [0.717, 1.165) is 12.1 Å². The molecule has 0 saturated heterocycles. The molecular weight excluding hydrogens is 223 g/mol. The van der Waals surface area contributed by atoms with Crippen LogP contribution in [-0.4, -0.2) is 17.6 Å². The Balaban J connectivity index is 3.27. The molecule has 3 nitrogen and oxygen atoms in total. The Hall–Kier alpha value is -1.72. The lowest BCUT2D eigenvalue weighted by Gasteiger charge is -2.12. The van der Waals surface area contributed by atoms with Gasteiger partial charge in [-0.25, -0.2) is 4.79 Å². The molecule has 6 heteroatoms. The fourth-order valence-corrected chi connectivity index (χ4v) is 1.28. The van der Waals surface area contributed by atoms with E-state index in [4.69, 9.17) is 5.11 Å². The number of carboxylic acids is 1. The molecule has 0 saturated carbocycles. The first-order valence-corrected chi connectivity index (χ1v) is 4.54. The first kappa shape index (κ1) is 12.4. The van der Waals surface area contributed by atoms with E-state index in [-0.39, 0.29) is 5.69 Å². The van der Waals surface area contributed by atoms with Crippen LogP contribution in [0.4, 0.5) is 18.9 Å². The van der Waals surface area contributed by atoms with Gasteiger partial charge in [0.2, 0.25) is 0 Å². The minimum absolute atomic E-state index is 0.250. The third-order valence-electron chi connectivity index (χ3n) is 1.94. The van der Waals surface area contributed by atoms with Crippen molar-refractivity contribution in [1.29, 1.82) is 0 Å². The van der Waals surface area contributed by atoms with Crippen LogP contribution in [0.1, 0.15) is 22.8 Å². The Labute approximate surface area is 89.9 Å². The molecule has 0 aliphatic carbocycles. The van der Waals surface area contributed by atoms with Crippen molar-refractivity contribution in [3.8, 4) is 0 Å². The minimum atomic E-state index is -4.67. The van der Waals surface area contributed by atoms with Crippen LogP contribution in [0.25, 0.3) is 0 Å². The summed E-state index contributed by atoms with van der Waals surface area (Å²) in [6.07, 6.45) is -4.67. The van der Waals surface area contributed by atoms with Crippen molar-refractivity contribution in [2.75, 3.05) is 11.9 Å². The zero-order chi connectivity index (χ0) is 12.3. The monoisotopic (exact) mass is 233 g/mol. The molecule has 0 aliphatic rings. The molecule has 0 atom stereocenters. The van der Waals surface area contributed by atoms with Crippen molar-refractivity contribution < 1.29 is 23.1 Å². The molecule has 1 aromatic rings. The predicted octanol–water partition coefficient (Wildman–Crippen LogP) is 2.84. The number of aromatic carboxylic acids is 1. The molecular formula is C10H10F3NO2. The highest BCUT2D eigenvalue weighted by molar-refractivity contribution is 5.90. The molecule has 0 fully saturated rings. The van der Waals surface area contributed by atoms with Gasteiger partial charge < -0.3 is 10.4 Å². The van der Waals surface area contributed by atoms with Gasteiger partial charge in [-0.3, -0.25) is 0 Å². The smallest absolute Gasteiger partial charge is 0.417 e. The molecule has 0 aliphatic heterocycles. The molecule has 88 valence electrons. The van der Waals surface area contributed by atoms with Gasteiger partial charge in [0.15, 0.2) is 0 Å². The topological polar surface area (TPSA) is 49.3 Å². The van der Waals surface area contributed by atoms with Crippen molar-refractivity contribution in [1.82, 2.24) is 0 Å². The summed E-state index contributed by atoms with van der Waals surface area (Å²) < 4.78 is 37.6. The SMILES string of the molecule is CCNc1ccc(C(=O)O)c(C(F)(F)F)c1. The van der Waals surface area contributed by atoms with Crippen LogP contribution in [0.3, 0.4) is 0 Å². The third kappa shape index (κ3) is 2.65. The lowest BCUT2D eigenvalue weighted by molar-refractivity contribution is -0.138. The highest BCUT2D eigenvalue weighted by Gasteiger charge is 2.35. The van der Waals surface area contributed by atoms with E-state index in [1.807, 2.05) is 0 Å². The summed E-state index contributed by atoms with van der Waals surface area (Å²) in [5.74, 6) is -1.59. The maximum Gasteiger partial charge on any atom is 0.417 e. The number of halogens is 3. The van der Waals surface area contributed by atoms with Crippen LogP contribution in [0.5, 0.6) is 0 Å². The standard InChI is InChI=1S/C10H10F3NO2/c1-2-14-6-3-4-7(9(15)16)8(5-6)10(11,12)13/h3-5,14H,2H2,1H3,(H,15,16). The van der Waals surface area contributed by atoms with E-state index < -0.39 is 23.3 Å². The van der Waals surface area contributed by atoms with Crippen LogP contribution in [0, 0.1) is 0 Å². The van der Waals surface area contributed by atoms with Gasteiger partial charge in [-0.05, 0) is 25.1 Å². The lowest BCUT2D eigenvalue weighted by atomic mass is 10.1. The second kappa shape index (κ2) is 4.42. The Kier molecular flexibility index (Phi) is 3.41. The molecule has 0 amide bonds. The van der Waals surface area contributed by atoms with Crippen molar-refractivity contribution in [2.24, 2.45) is 0 Å². The Bertz CT molecular complexity index is 402. The highest BCUT2D eigenvalue weighted by Crippen LogP contribution is 2.33. The Morgan fingerprint density at radius 1 is 1.44 bits per heavy atom. The van der Waals surface area contributed by atoms with Crippen molar-refractivity contribution in [3.63, 3.8) is 0 Å². The van der Waals surface area contributed by atoms with E-state index >= 15 is 0 Å². The van der Waals surface area contributed by atoms with Crippen LogP contribution in [0.2, 0.25) is 0 Å². The van der Waals surface area contributed by atoms with Gasteiger partial charge in [-0.1, -0.05) is 0 Å². The molecule has 0 spiro atoms. The molecule has 0 heterocycles. The fraction of sp³-hybridized carbons (Fsp3) is 0.300. The maximum atomic E-state index is 12.5. The molecule has 1 aromatic carbocycles. The molecule has 0 aromatic heterocycles. The van der Waals surface area contributed by atoms with Gasteiger partial charge >= 0.3 is 12.1 Å². The normalized spacial score (nSPS) is 11.2. The number of alkyl halides is 3. The molecule has 0 unspecified atom stereocenters. The van der Waals surface area contributed by atoms with Gasteiger partial charge in [0, 0.05) is 12.2 Å². The molecule has 0 bridgehead atoms. The average molecular weight is 233 g/mol. The first-order valence-electron chi connectivity index (χ1n) is 4.54. The van der Waals surface area contributed by atoms with Gasteiger partial charge in [0.1, 0.15) is 0 Å². The largest absolute Gasteiger partial charge is 0.478 e. The quantitative estimate of drug-likeness (QED) is 0.843. The van der Waals surface area contributed by atoms with E-state index in [0.29, 0.717) is 6.54 Å². The Morgan fingerprint density at radius 2 is 2.06 bits per heavy atom. The van der Waals surface area contributed by atoms with Gasteiger partial charge in [-0.15, -0.1) is 0 Å². The summed E-state index contributed by atoms with van der Waals surface area (Å²) >= 11 is 0. The van der Waals surface area contributed by atoms with E-state index in [1.54, 1.807) is 6.92 Å². The number of hydrogen-bond acceptors (Lipinski definition) is 2. The minimum Gasteiger partial charge on any atom is -0.478 e. The summed E-state index contributed by atoms with van der Waals surface area (Å²) in [7, 11) is 0. The molecule has 1 rings (SSSR count). The van der Waals surface area contributed by atoms with Gasteiger partial charge in [0.25, 0.3) is 0 Å². The number of anilines is 1. The third-order valence-corrected chi connectivity index (χ3v) is 1.94. The average Bonchev–Trinajstić information content (AvgIpc) is 2.16. The number of benzene rings is 1. The van der Waals surface area contributed by atoms with Crippen LogP contribution in [-0.2, 0) is 6.18 Å². The predicted molar refractivity (Wildman–Crippen MR) is 52.6 cm³/mol. The summed E-state index contributed by atoms with van der Waals surface area (Å²) in [6.45, 7) is 2.20. The number of carboxylic acid groups (broad SMARTS) is 1. The number of carbonyl (C=O) groups is 1. The first-order chi connectivity index (χ1) is 7.36. The van der Waals surface area contributed by atoms with E-state index in [9.17, 15) is 18.0 Å². The molecule has 2 N–H and O–H groups in total. The second-order valence-corrected chi connectivity index (χ2v) is 3.09. The number of nitrogens with one attached hydrogen (secondary N) is 1.